The topological polar surface area (TPSA) is 37.9 Å². The maximum absolute atomic E-state index is 5.47. The van der Waals surface area contributed by atoms with Crippen molar-refractivity contribution in [3.63, 3.8) is 0 Å². The van der Waals surface area contributed by atoms with Crippen molar-refractivity contribution in [3.8, 4) is 0 Å². The molecule has 3 nitrogen and oxygen atoms in total. The molecular formula is C15H20N2O. The Morgan fingerprint density at radius 3 is 3.11 bits per heavy atom. The lowest BCUT2D eigenvalue weighted by atomic mass is 9.93. The number of rotatable bonds is 3. The number of hydrogen-bond acceptors (Lipinski definition) is 2. The molecule has 3 heteroatoms. The summed E-state index contributed by atoms with van der Waals surface area (Å²) in [4.78, 5) is 8.02. The summed E-state index contributed by atoms with van der Waals surface area (Å²) in [6.45, 7) is 6.28. The van der Waals surface area contributed by atoms with Crippen molar-refractivity contribution in [2.45, 2.75) is 32.6 Å². The fraction of sp³-hybridized carbons (Fsp3) is 0.533. The highest BCUT2D eigenvalue weighted by Gasteiger charge is 2.20. The van der Waals surface area contributed by atoms with Gasteiger partial charge in [0.1, 0.15) is 5.65 Å². The van der Waals surface area contributed by atoms with Crippen LogP contribution in [0.1, 0.15) is 37.4 Å². The molecule has 0 radical (unpaired) electrons. The Kier molecular flexibility index (Phi) is 3.08. The number of hydrogen-bond donors (Lipinski definition) is 1. The summed E-state index contributed by atoms with van der Waals surface area (Å²) in [5.74, 6) is 1.16. The molecule has 1 atom stereocenters. The van der Waals surface area contributed by atoms with Crippen molar-refractivity contribution >= 4 is 11.0 Å². The lowest BCUT2D eigenvalue weighted by Crippen LogP contribution is -2.09. The van der Waals surface area contributed by atoms with Crippen LogP contribution in [0.5, 0.6) is 0 Å². The molecule has 96 valence electrons. The molecule has 18 heavy (non-hydrogen) atoms. The minimum atomic E-state index is 0.522. The third kappa shape index (κ3) is 2.15. The van der Waals surface area contributed by atoms with Gasteiger partial charge in [-0.1, -0.05) is 13.8 Å². The zero-order valence-electron chi connectivity index (χ0n) is 11.1. The van der Waals surface area contributed by atoms with E-state index in [-0.39, 0.29) is 0 Å². The summed E-state index contributed by atoms with van der Waals surface area (Å²) < 4.78 is 5.47. The van der Waals surface area contributed by atoms with Gasteiger partial charge in [0.05, 0.1) is 0 Å². The normalized spacial score (nSPS) is 20.1. The summed E-state index contributed by atoms with van der Waals surface area (Å²) in [5.41, 5.74) is 3.64. The minimum absolute atomic E-state index is 0.522. The highest BCUT2D eigenvalue weighted by molar-refractivity contribution is 5.76. The Bertz CT molecular complexity index is 538. The van der Waals surface area contributed by atoms with Gasteiger partial charge in [-0.25, -0.2) is 4.98 Å². The summed E-state index contributed by atoms with van der Waals surface area (Å²) >= 11 is 0. The van der Waals surface area contributed by atoms with Crippen molar-refractivity contribution in [2.24, 2.45) is 5.92 Å². The zero-order chi connectivity index (χ0) is 12.5. The first-order valence-corrected chi connectivity index (χ1v) is 6.78. The van der Waals surface area contributed by atoms with E-state index in [1.807, 2.05) is 6.20 Å². The number of aromatic nitrogens is 2. The van der Waals surface area contributed by atoms with E-state index >= 15 is 0 Å². The summed E-state index contributed by atoms with van der Waals surface area (Å²) in [7, 11) is 0. The highest BCUT2D eigenvalue weighted by Crippen LogP contribution is 2.26. The second kappa shape index (κ2) is 4.73. The van der Waals surface area contributed by atoms with E-state index in [1.54, 1.807) is 0 Å². The van der Waals surface area contributed by atoms with Crippen LogP contribution in [0.25, 0.3) is 11.0 Å². The average molecular weight is 244 g/mol. The summed E-state index contributed by atoms with van der Waals surface area (Å²) in [5, 5.41) is 1.21. The van der Waals surface area contributed by atoms with Crippen molar-refractivity contribution in [1.82, 2.24) is 9.97 Å². The molecule has 3 heterocycles. The Morgan fingerprint density at radius 2 is 2.39 bits per heavy atom. The molecule has 0 amide bonds. The van der Waals surface area contributed by atoms with Crippen LogP contribution in [0.2, 0.25) is 0 Å². The molecule has 1 aliphatic heterocycles. The van der Waals surface area contributed by atoms with Crippen LogP contribution < -0.4 is 0 Å². The molecule has 3 rings (SSSR count). The van der Waals surface area contributed by atoms with Gasteiger partial charge in [0.15, 0.2) is 0 Å². The quantitative estimate of drug-likeness (QED) is 0.899. The molecule has 1 aliphatic rings. The van der Waals surface area contributed by atoms with Gasteiger partial charge in [-0.2, -0.15) is 0 Å². The van der Waals surface area contributed by atoms with Gasteiger partial charge in [0.25, 0.3) is 0 Å². The number of fused-ring (bicyclic) bond motifs is 1. The second-order valence-electron chi connectivity index (χ2n) is 5.53. The SMILES string of the molecule is CC(C)c1cc2cc[nH]c2nc1CC1CCOC1. The van der Waals surface area contributed by atoms with Crippen molar-refractivity contribution in [2.75, 3.05) is 13.2 Å². The smallest absolute Gasteiger partial charge is 0.137 e. The van der Waals surface area contributed by atoms with E-state index in [0.717, 1.165) is 25.3 Å². The molecule has 0 saturated carbocycles. The Balaban J connectivity index is 1.98. The molecule has 0 aromatic carbocycles. The van der Waals surface area contributed by atoms with Crippen LogP contribution in [-0.4, -0.2) is 23.2 Å². The maximum Gasteiger partial charge on any atom is 0.137 e. The van der Waals surface area contributed by atoms with Crippen molar-refractivity contribution in [1.29, 1.82) is 0 Å². The summed E-state index contributed by atoms with van der Waals surface area (Å²) in [6.07, 6.45) is 4.18. The monoisotopic (exact) mass is 244 g/mol. The standard InChI is InChI=1S/C15H20N2O/c1-10(2)13-8-12-3-5-16-15(12)17-14(13)7-11-4-6-18-9-11/h3,5,8,10-11H,4,6-7,9H2,1-2H3,(H,16,17). The molecule has 1 fully saturated rings. The maximum atomic E-state index is 5.47. The molecule has 0 aliphatic carbocycles. The lowest BCUT2D eigenvalue weighted by Gasteiger charge is -2.14. The molecule has 2 aromatic heterocycles. The van der Waals surface area contributed by atoms with E-state index in [4.69, 9.17) is 9.72 Å². The van der Waals surface area contributed by atoms with E-state index in [9.17, 15) is 0 Å². The van der Waals surface area contributed by atoms with Gasteiger partial charge in [0.2, 0.25) is 0 Å². The van der Waals surface area contributed by atoms with Crippen molar-refractivity contribution in [3.05, 3.63) is 29.6 Å². The fourth-order valence-electron chi connectivity index (χ4n) is 2.72. The molecular weight excluding hydrogens is 224 g/mol. The lowest BCUT2D eigenvalue weighted by molar-refractivity contribution is 0.185. The van der Waals surface area contributed by atoms with Gasteiger partial charge in [-0.3, -0.25) is 0 Å². The first-order valence-electron chi connectivity index (χ1n) is 6.78. The first kappa shape index (κ1) is 11.7. The minimum Gasteiger partial charge on any atom is -0.381 e. The molecule has 1 saturated heterocycles. The van der Waals surface area contributed by atoms with Crippen LogP contribution in [0.15, 0.2) is 18.3 Å². The number of ether oxygens (including phenoxy) is 1. The van der Waals surface area contributed by atoms with E-state index in [2.05, 4.69) is 31.0 Å². The molecule has 0 bridgehead atoms. The van der Waals surface area contributed by atoms with Crippen LogP contribution in [0, 0.1) is 5.92 Å². The average Bonchev–Trinajstić information content (AvgIpc) is 2.97. The van der Waals surface area contributed by atoms with Gasteiger partial charge in [-0.05, 0) is 42.4 Å². The van der Waals surface area contributed by atoms with Gasteiger partial charge >= 0.3 is 0 Å². The van der Waals surface area contributed by atoms with Crippen LogP contribution in [0.3, 0.4) is 0 Å². The Hall–Kier alpha value is -1.35. The van der Waals surface area contributed by atoms with Crippen LogP contribution >= 0.6 is 0 Å². The molecule has 1 N–H and O–H groups in total. The molecule has 0 spiro atoms. The number of nitrogens with one attached hydrogen (secondary N) is 1. The summed E-state index contributed by atoms with van der Waals surface area (Å²) in [6, 6.07) is 4.38. The van der Waals surface area contributed by atoms with Gasteiger partial charge in [-0.15, -0.1) is 0 Å². The Labute approximate surface area is 108 Å². The third-order valence-corrected chi connectivity index (χ3v) is 3.78. The van der Waals surface area contributed by atoms with Crippen LogP contribution in [0.4, 0.5) is 0 Å². The highest BCUT2D eigenvalue weighted by atomic mass is 16.5. The predicted octanol–water partition coefficient (Wildman–Crippen LogP) is 3.27. The van der Waals surface area contributed by atoms with E-state index in [1.165, 1.54) is 23.1 Å². The predicted molar refractivity (Wildman–Crippen MR) is 72.8 cm³/mol. The first-order chi connectivity index (χ1) is 8.74. The molecule has 2 aromatic rings. The van der Waals surface area contributed by atoms with Gasteiger partial charge in [0, 0.05) is 30.5 Å². The number of H-pyrrole nitrogens is 1. The third-order valence-electron chi connectivity index (χ3n) is 3.78. The largest absolute Gasteiger partial charge is 0.381 e. The van der Waals surface area contributed by atoms with Crippen LogP contribution in [-0.2, 0) is 11.2 Å². The zero-order valence-corrected chi connectivity index (χ0v) is 11.1. The fourth-order valence-corrected chi connectivity index (χ4v) is 2.72. The van der Waals surface area contributed by atoms with E-state index < -0.39 is 0 Å². The number of aromatic amines is 1. The van der Waals surface area contributed by atoms with E-state index in [0.29, 0.717) is 11.8 Å². The number of pyridine rings is 1. The van der Waals surface area contributed by atoms with Gasteiger partial charge < -0.3 is 9.72 Å². The Morgan fingerprint density at radius 1 is 1.50 bits per heavy atom. The van der Waals surface area contributed by atoms with Crippen molar-refractivity contribution < 1.29 is 4.74 Å². The number of nitrogens with zero attached hydrogens (tertiary/aromatic N) is 1. The second-order valence-corrected chi connectivity index (χ2v) is 5.53. The molecule has 1 unspecified atom stereocenters.